The Morgan fingerprint density at radius 3 is 2.31 bits per heavy atom. The lowest BCUT2D eigenvalue weighted by Crippen LogP contribution is -2.34. The number of halogens is 1. The second-order valence-corrected chi connectivity index (χ2v) is 4.86. The Hall–Kier alpha value is -0.930. The van der Waals surface area contributed by atoms with Gasteiger partial charge in [0.1, 0.15) is 11.5 Å². The van der Waals surface area contributed by atoms with Crippen molar-refractivity contribution in [1.29, 1.82) is 0 Å². The van der Waals surface area contributed by atoms with Gasteiger partial charge >= 0.3 is 0 Å². The lowest BCUT2D eigenvalue weighted by atomic mass is 9.95. The zero-order valence-electron chi connectivity index (χ0n) is 10.1. The van der Waals surface area contributed by atoms with Crippen molar-refractivity contribution in [2.24, 2.45) is 5.73 Å². The number of methoxy groups -OCH3 is 2. The molecule has 0 radical (unpaired) electrons. The molecule has 0 aliphatic rings. The van der Waals surface area contributed by atoms with Crippen molar-refractivity contribution in [3.05, 3.63) is 22.7 Å². The van der Waals surface area contributed by atoms with Crippen molar-refractivity contribution in [2.75, 3.05) is 14.2 Å². The zero-order chi connectivity index (χ0) is 12.3. The van der Waals surface area contributed by atoms with Crippen LogP contribution in [0.2, 0.25) is 5.02 Å². The van der Waals surface area contributed by atoms with Crippen molar-refractivity contribution in [1.82, 2.24) is 0 Å². The highest BCUT2D eigenvalue weighted by Gasteiger charge is 2.18. The number of hydrogen-bond acceptors (Lipinski definition) is 3. The van der Waals surface area contributed by atoms with Crippen LogP contribution < -0.4 is 15.2 Å². The molecule has 0 heterocycles. The van der Waals surface area contributed by atoms with E-state index in [1.165, 1.54) is 0 Å². The second kappa shape index (κ2) is 4.93. The number of benzene rings is 1. The second-order valence-electron chi connectivity index (χ2n) is 4.46. The van der Waals surface area contributed by atoms with Gasteiger partial charge in [-0.25, -0.2) is 0 Å². The molecule has 0 bridgehead atoms. The summed E-state index contributed by atoms with van der Waals surface area (Å²) in [4.78, 5) is 0. The maximum atomic E-state index is 6.18. The van der Waals surface area contributed by atoms with Crippen LogP contribution in [0.1, 0.15) is 19.4 Å². The summed E-state index contributed by atoms with van der Waals surface area (Å²) in [6.07, 6.45) is 0.652. The predicted molar refractivity (Wildman–Crippen MR) is 66.5 cm³/mol. The highest BCUT2D eigenvalue weighted by Crippen LogP contribution is 2.33. The first-order valence-electron chi connectivity index (χ1n) is 5.06. The Morgan fingerprint density at radius 2 is 1.88 bits per heavy atom. The lowest BCUT2D eigenvalue weighted by Gasteiger charge is -2.21. The van der Waals surface area contributed by atoms with Crippen LogP contribution in [0, 0.1) is 0 Å². The fraction of sp³-hybridized carbons (Fsp3) is 0.500. The van der Waals surface area contributed by atoms with Crippen LogP contribution in [0.4, 0.5) is 0 Å². The van der Waals surface area contributed by atoms with Crippen LogP contribution in [-0.4, -0.2) is 19.8 Å². The molecule has 0 aliphatic heterocycles. The largest absolute Gasteiger partial charge is 0.497 e. The van der Waals surface area contributed by atoms with Crippen molar-refractivity contribution in [3.63, 3.8) is 0 Å². The summed E-state index contributed by atoms with van der Waals surface area (Å²) in [5.74, 6) is 1.39. The summed E-state index contributed by atoms with van der Waals surface area (Å²) in [6.45, 7) is 3.90. The number of ether oxygens (including phenoxy) is 2. The number of nitrogens with two attached hydrogens (primary N) is 1. The normalized spacial score (nSPS) is 11.4. The molecule has 4 heteroatoms. The van der Waals surface area contributed by atoms with E-state index >= 15 is 0 Å². The molecular formula is C12H18ClNO2. The quantitative estimate of drug-likeness (QED) is 0.884. The van der Waals surface area contributed by atoms with Gasteiger partial charge in [0.05, 0.1) is 19.2 Å². The SMILES string of the molecule is COc1cc(Cl)c(CC(C)(C)N)c(OC)c1. The van der Waals surface area contributed by atoms with E-state index in [1.54, 1.807) is 20.3 Å². The topological polar surface area (TPSA) is 44.5 Å². The minimum absolute atomic E-state index is 0.328. The molecule has 0 aliphatic carbocycles. The summed E-state index contributed by atoms with van der Waals surface area (Å²) < 4.78 is 10.4. The van der Waals surface area contributed by atoms with Gasteiger partial charge in [0, 0.05) is 17.2 Å². The van der Waals surface area contributed by atoms with E-state index in [0.717, 1.165) is 5.56 Å². The monoisotopic (exact) mass is 243 g/mol. The third-order valence-electron chi connectivity index (χ3n) is 2.22. The Bertz CT molecular complexity index is 372. The minimum Gasteiger partial charge on any atom is -0.497 e. The molecule has 0 fully saturated rings. The van der Waals surface area contributed by atoms with E-state index in [2.05, 4.69) is 0 Å². The average Bonchev–Trinajstić information content (AvgIpc) is 2.19. The van der Waals surface area contributed by atoms with Crippen LogP contribution in [0.5, 0.6) is 11.5 Å². The van der Waals surface area contributed by atoms with E-state index in [0.29, 0.717) is 22.9 Å². The summed E-state index contributed by atoms with van der Waals surface area (Å²) in [5, 5.41) is 0.620. The Balaban J connectivity index is 3.16. The Morgan fingerprint density at radius 1 is 1.25 bits per heavy atom. The summed E-state index contributed by atoms with van der Waals surface area (Å²) in [7, 11) is 3.20. The molecule has 16 heavy (non-hydrogen) atoms. The van der Waals surface area contributed by atoms with Gasteiger partial charge in [-0.1, -0.05) is 11.6 Å². The zero-order valence-corrected chi connectivity index (χ0v) is 10.9. The number of rotatable bonds is 4. The van der Waals surface area contributed by atoms with Crippen molar-refractivity contribution >= 4 is 11.6 Å². The van der Waals surface area contributed by atoms with Crippen LogP contribution in [0.3, 0.4) is 0 Å². The lowest BCUT2D eigenvalue weighted by molar-refractivity contribution is 0.386. The predicted octanol–water partition coefficient (Wildman–Crippen LogP) is 2.64. The number of hydrogen-bond donors (Lipinski definition) is 1. The summed E-state index contributed by atoms with van der Waals surface area (Å²) in [5.41, 5.74) is 6.57. The molecule has 0 amide bonds. The van der Waals surface area contributed by atoms with Gasteiger partial charge in [-0.05, 0) is 26.3 Å². The van der Waals surface area contributed by atoms with Crippen LogP contribution in [-0.2, 0) is 6.42 Å². The van der Waals surface area contributed by atoms with Gasteiger partial charge in [-0.3, -0.25) is 0 Å². The standard InChI is InChI=1S/C12H18ClNO2/c1-12(2,14)7-9-10(13)5-8(15-3)6-11(9)16-4/h5-6H,7,14H2,1-4H3. The third kappa shape index (κ3) is 3.29. The fourth-order valence-electron chi connectivity index (χ4n) is 1.51. The van der Waals surface area contributed by atoms with Gasteiger partial charge in [0.2, 0.25) is 0 Å². The molecule has 1 aromatic carbocycles. The molecule has 0 saturated heterocycles. The van der Waals surface area contributed by atoms with Crippen molar-refractivity contribution < 1.29 is 9.47 Å². The van der Waals surface area contributed by atoms with Crippen LogP contribution in [0.25, 0.3) is 0 Å². The van der Waals surface area contributed by atoms with Gasteiger partial charge in [-0.15, -0.1) is 0 Å². The molecule has 0 unspecified atom stereocenters. The average molecular weight is 244 g/mol. The minimum atomic E-state index is -0.328. The highest BCUT2D eigenvalue weighted by atomic mass is 35.5. The smallest absolute Gasteiger partial charge is 0.127 e. The molecular weight excluding hydrogens is 226 g/mol. The molecule has 0 aromatic heterocycles. The molecule has 0 spiro atoms. The van der Waals surface area contributed by atoms with Gasteiger partial charge < -0.3 is 15.2 Å². The van der Waals surface area contributed by atoms with Crippen LogP contribution in [0.15, 0.2) is 12.1 Å². The summed E-state index contributed by atoms with van der Waals surface area (Å²) >= 11 is 6.18. The van der Waals surface area contributed by atoms with Gasteiger partial charge in [-0.2, -0.15) is 0 Å². The Kier molecular flexibility index (Phi) is 4.05. The van der Waals surface area contributed by atoms with E-state index < -0.39 is 0 Å². The van der Waals surface area contributed by atoms with E-state index in [1.807, 2.05) is 19.9 Å². The first-order valence-corrected chi connectivity index (χ1v) is 5.44. The molecule has 0 atom stereocenters. The van der Waals surface area contributed by atoms with E-state index in [9.17, 15) is 0 Å². The summed E-state index contributed by atoms with van der Waals surface area (Å²) in [6, 6.07) is 3.58. The van der Waals surface area contributed by atoms with Crippen LogP contribution >= 0.6 is 11.6 Å². The molecule has 0 saturated carbocycles. The van der Waals surface area contributed by atoms with E-state index in [-0.39, 0.29) is 5.54 Å². The first kappa shape index (κ1) is 13.1. The molecule has 1 aromatic rings. The molecule has 1 rings (SSSR count). The van der Waals surface area contributed by atoms with Crippen molar-refractivity contribution in [2.45, 2.75) is 25.8 Å². The molecule has 2 N–H and O–H groups in total. The van der Waals surface area contributed by atoms with Gasteiger partial charge in [0.25, 0.3) is 0 Å². The fourth-order valence-corrected chi connectivity index (χ4v) is 1.78. The third-order valence-corrected chi connectivity index (χ3v) is 2.55. The Labute approximate surface area is 101 Å². The molecule has 90 valence electrons. The van der Waals surface area contributed by atoms with E-state index in [4.69, 9.17) is 26.8 Å². The highest BCUT2D eigenvalue weighted by molar-refractivity contribution is 6.31. The van der Waals surface area contributed by atoms with Gasteiger partial charge in [0.15, 0.2) is 0 Å². The maximum Gasteiger partial charge on any atom is 0.127 e. The maximum absolute atomic E-state index is 6.18. The van der Waals surface area contributed by atoms with Crippen molar-refractivity contribution in [3.8, 4) is 11.5 Å². The molecule has 3 nitrogen and oxygen atoms in total. The first-order chi connectivity index (χ1) is 7.37.